The van der Waals surface area contributed by atoms with Crippen molar-refractivity contribution in [3.8, 4) is 11.5 Å². The zero-order valence-electron chi connectivity index (χ0n) is 14.1. The first-order valence-corrected chi connectivity index (χ1v) is 9.48. The quantitative estimate of drug-likeness (QED) is 0.492. The molecule has 138 valence electrons. The van der Waals surface area contributed by atoms with Crippen molar-refractivity contribution in [2.45, 2.75) is 11.4 Å². The van der Waals surface area contributed by atoms with Crippen LogP contribution in [0.5, 0.6) is 11.5 Å². The molecule has 3 aromatic carbocycles. The summed E-state index contributed by atoms with van der Waals surface area (Å²) in [5.41, 5.74) is 0.411. The fourth-order valence-electron chi connectivity index (χ4n) is 2.37. The molecule has 3 rings (SSSR count). The van der Waals surface area contributed by atoms with Crippen LogP contribution in [0.15, 0.2) is 83.8 Å². The van der Waals surface area contributed by atoms with Gasteiger partial charge in [-0.15, -0.1) is 0 Å². The molecule has 0 bridgehead atoms. The standard InChI is InChI=1S/C19H16N2O5S/c22-21(23)16-7-5-11-19(13-16)27(24,25)20-14-15-6-4-10-18(12-15)26-17-8-2-1-3-9-17/h1-13,20H,14H2. The summed E-state index contributed by atoms with van der Waals surface area (Å²) in [5, 5.41) is 10.8. The van der Waals surface area contributed by atoms with Crippen molar-refractivity contribution in [3.63, 3.8) is 0 Å². The van der Waals surface area contributed by atoms with Crippen LogP contribution in [0.4, 0.5) is 5.69 Å². The molecule has 8 heteroatoms. The molecule has 0 aliphatic rings. The van der Waals surface area contributed by atoms with Crippen LogP contribution < -0.4 is 9.46 Å². The molecule has 0 heterocycles. The highest BCUT2D eigenvalue weighted by molar-refractivity contribution is 7.89. The average molecular weight is 384 g/mol. The fourth-order valence-corrected chi connectivity index (χ4v) is 3.43. The summed E-state index contributed by atoms with van der Waals surface area (Å²) in [6, 6.07) is 21.1. The van der Waals surface area contributed by atoms with Gasteiger partial charge in [-0.05, 0) is 35.9 Å². The molecule has 0 amide bonds. The Morgan fingerprint density at radius 2 is 1.59 bits per heavy atom. The molecule has 27 heavy (non-hydrogen) atoms. The smallest absolute Gasteiger partial charge is 0.270 e. The topological polar surface area (TPSA) is 98.5 Å². The van der Waals surface area contributed by atoms with Gasteiger partial charge in [0.25, 0.3) is 5.69 Å². The number of rotatable bonds is 7. The monoisotopic (exact) mass is 384 g/mol. The Kier molecular flexibility index (Phi) is 5.49. The maximum atomic E-state index is 12.4. The minimum Gasteiger partial charge on any atom is -0.457 e. The van der Waals surface area contributed by atoms with Gasteiger partial charge in [-0.2, -0.15) is 0 Å². The summed E-state index contributed by atoms with van der Waals surface area (Å²) in [7, 11) is -3.88. The van der Waals surface area contributed by atoms with E-state index in [1.165, 1.54) is 18.2 Å². The number of nitro groups is 1. The lowest BCUT2D eigenvalue weighted by atomic mass is 10.2. The summed E-state index contributed by atoms with van der Waals surface area (Å²) in [6.45, 7) is 0.0248. The first kappa shape index (κ1) is 18.6. The molecule has 7 nitrogen and oxygen atoms in total. The number of non-ortho nitro benzene ring substituents is 1. The molecule has 0 aliphatic heterocycles. The van der Waals surface area contributed by atoms with E-state index in [1.807, 2.05) is 30.3 Å². The van der Waals surface area contributed by atoms with Crippen LogP contribution in [0, 0.1) is 10.1 Å². The van der Waals surface area contributed by atoms with E-state index in [9.17, 15) is 18.5 Å². The van der Waals surface area contributed by atoms with Crippen LogP contribution in [0.3, 0.4) is 0 Å². The van der Waals surface area contributed by atoms with Crippen molar-refractivity contribution in [1.29, 1.82) is 0 Å². The number of ether oxygens (including phenoxy) is 1. The Bertz CT molecular complexity index is 1050. The number of hydrogen-bond acceptors (Lipinski definition) is 5. The summed E-state index contributed by atoms with van der Waals surface area (Å²) in [6.07, 6.45) is 0. The fraction of sp³-hybridized carbons (Fsp3) is 0.0526. The van der Waals surface area contributed by atoms with Crippen molar-refractivity contribution >= 4 is 15.7 Å². The first-order chi connectivity index (χ1) is 12.9. The predicted octanol–water partition coefficient (Wildman–Crippen LogP) is 3.87. The molecule has 0 atom stereocenters. The number of nitro benzene ring substituents is 1. The molecule has 0 aromatic heterocycles. The van der Waals surface area contributed by atoms with Crippen molar-refractivity contribution in [2.24, 2.45) is 0 Å². The van der Waals surface area contributed by atoms with Crippen molar-refractivity contribution < 1.29 is 18.1 Å². The van der Waals surface area contributed by atoms with E-state index in [0.717, 1.165) is 6.07 Å². The van der Waals surface area contributed by atoms with Gasteiger partial charge < -0.3 is 4.74 Å². The highest BCUT2D eigenvalue weighted by atomic mass is 32.2. The molecule has 0 radical (unpaired) electrons. The van der Waals surface area contributed by atoms with E-state index in [2.05, 4.69) is 4.72 Å². The lowest BCUT2D eigenvalue weighted by Crippen LogP contribution is -2.23. The Labute approximate surface area is 156 Å². The molecule has 0 aliphatic carbocycles. The highest BCUT2D eigenvalue weighted by Crippen LogP contribution is 2.22. The maximum absolute atomic E-state index is 12.4. The second-order valence-corrected chi connectivity index (χ2v) is 7.41. The molecule has 0 saturated heterocycles. The van der Waals surface area contributed by atoms with Crippen LogP contribution in [0.2, 0.25) is 0 Å². The lowest BCUT2D eigenvalue weighted by Gasteiger charge is -2.09. The van der Waals surface area contributed by atoms with Gasteiger partial charge in [0.05, 0.1) is 9.82 Å². The van der Waals surface area contributed by atoms with Crippen molar-refractivity contribution in [2.75, 3.05) is 0 Å². The average Bonchev–Trinajstić information content (AvgIpc) is 2.68. The van der Waals surface area contributed by atoms with E-state index in [0.29, 0.717) is 17.1 Å². The highest BCUT2D eigenvalue weighted by Gasteiger charge is 2.17. The van der Waals surface area contributed by atoms with Crippen LogP contribution in [0.1, 0.15) is 5.56 Å². The van der Waals surface area contributed by atoms with Gasteiger partial charge in [0.1, 0.15) is 11.5 Å². The van der Waals surface area contributed by atoms with Gasteiger partial charge in [0, 0.05) is 18.7 Å². The van der Waals surface area contributed by atoms with Gasteiger partial charge >= 0.3 is 0 Å². The summed E-state index contributed by atoms with van der Waals surface area (Å²) in [4.78, 5) is 10.0. The van der Waals surface area contributed by atoms with Crippen molar-refractivity contribution in [3.05, 3.63) is 94.5 Å². The molecule has 3 aromatic rings. The second kappa shape index (κ2) is 7.98. The normalized spacial score (nSPS) is 11.1. The van der Waals surface area contributed by atoms with Crippen LogP contribution in [-0.2, 0) is 16.6 Å². The van der Waals surface area contributed by atoms with E-state index in [-0.39, 0.29) is 17.1 Å². The van der Waals surface area contributed by atoms with Crippen LogP contribution in [-0.4, -0.2) is 13.3 Å². The molecular weight excluding hydrogens is 368 g/mol. The first-order valence-electron chi connectivity index (χ1n) is 8.00. The summed E-state index contributed by atoms with van der Waals surface area (Å²) >= 11 is 0. The number of nitrogens with one attached hydrogen (secondary N) is 1. The zero-order valence-corrected chi connectivity index (χ0v) is 14.9. The zero-order chi connectivity index (χ0) is 19.3. The molecular formula is C19H16N2O5S. The second-order valence-electron chi connectivity index (χ2n) is 5.64. The number of benzene rings is 3. The maximum Gasteiger partial charge on any atom is 0.270 e. The van der Waals surface area contributed by atoms with Gasteiger partial charge in [-0.1, -0.05) is 36.4 Å². The third-order valence-corrected chi connectivity index (χ3v) is 5.08. The lowest BCUT2D eigenvalue weighted by molar-refractivity contribution is -0.385. The van der Waals surface area contributed by atoms with Crippen LogP contribution in [0.25, 0.3) is 0 Å². The molecule has 0 unspecified atom stereocenters. The Hall–Kier alpha value is -3.23. The molecule has 1 N–H and O–H groups in total. The number of para-hydroxylation sites is 1. The summed E-state index contributed by atoms with van der Waals surface area (Å²) < 4.78 is 33.0. The largest absolute Gasteiger partial charge is 0.457 e. The van der Waals surface area contributed by atoms with E-state index in [4.69, 9.17) is 4.74 Å². The van der Waals surface area contributed by atoms with Gasteiger partial charge in [0.15, 0.2) is 0 Å². The van der Waals surface area contributed by atoms with Gasteiger partial charge in [-0.25, -0.2) is 13.1 Å². The SMILES string of the molecule is O=[N+]([O-])c1cccc(S(=O)(=O)NCc2cccc(Oc3ccccc3)c2)c1. The third kappa shape index (κ3) is 4.90. The minimum atomic E-state index is -3.88. The van der Waals surface area contributed by atoms with Crippen molar-refractivity contribution in [1.82, 2.24) is 4.72 Å². The number of hydrogen-bond donors (Lipinski definition) is 1. The minimum absolute atomic E-state index is 0.0248. The Balaban J connectivity index is 1.71. The number of nitrogens with zero attached hydrogens (tertiary/aromatic N) is 1. The third-order valence-electron chi connectivity index (χ3n) is 3.68. The molecule has 0 saturated carbocycles. The van der Waals surface area contributed by atoms with E-state index >= 15 is 0 Å². The van der Waals surface area contributed by atoms with E-state index < -0.39 is 14.9 Å². The van der Waals surface area contributed by atoms with Gasteiger partial charge in [0.2, 0.25) is 10.0 Å². The molecule has 0 spiro atoms. The van der Waals surface area contributed by atoms with Gasteiger partial charge in [-0.3, -0.25) is 10.1 Å². The predicted molar refractivity (Wildman–Crippen MR) is 100 cm³/mol. The Morgan fingerprint density at radius 3 is 2.33 bits per heavy atom. The van der Waals surface area contributed by atoms with Crippen LogP contribution >= 0.6 is 0 Å². The molecule has 0 fully saturated rings. The summed E-state index contributed by atoms with van der Waals surface area (Å²) in [5.74, 6) is 1.25. The Morgan fingerprint density at radius 1 is 0.889 bits per heavy atom. The number of sulfonamides is 1. The van der Waals surface area contributed by atoms with E-state index in [1.54, 1.807) is 24.3 Å².